The van der Waals surface area contributed by atoms with E-state index in [2.05, 4.69) is 17.2 Å². The van der Waals surface area contributed by atoms with Crippen LogP contribution in [-0.4, -0.2) is 24.2 Å². The number of nitrogens with one attached hydrogen (secondary N) is 1. The minimum atomic E-state index is -0.152. The highest BCUT2D eigenvalue weighted by Crippen LogP contribution is 2.26. The predicted octanol–water partition coefficient (Wildman–Crippen LogP) is 2.40. The molecule has 1 aromatic rings. The van der Waals surface area contributed by atoms with Crippen molar-refractivity contribution in [1.82, 2.24) is 5.32 Å². The molecule has 2 N–H and O–H groups in total. The van der Waals surface area contributed by atoms with Crippen molar-refractivity contribution >= 4 is 17.2 Å². The molecular weight excluding hydrogens is 258 g/mol. The van der Waals surface area contributed by atoms with Crippen molar-refractivity contribution in [2.45, 2.75) is 32.1 Å². The van der Waals surface area contributed by atoms with Gasteiger partial charge in [-0.15, -0.1) is 11.3 Å². The molecule has 0 bridgehead atoms. The van der Waals surface area contributed by atoms with E-state index in [0.29, 0.717) is 5.56 Å². The Bertz CT molecular complexity index is 478. The first-order valence-corrected chi connectivity index (χ1v) is 7.64. The summed E-state index contributed by atoms with van der Waals surface area (Å²) in [4.78, 5) is 12.7. The number of hydrogen-bond acceptors (Lipinski definition) is 3. The molecule has 0 saturated heterocycles. The summed E-state index contributed by atoms with van der Waals surface area (Å²) in [5.41, 5.74) is 0.665. The lowest BCUT2D eigenvalue weighted by Gasteiger charge is -2.09. The Morgan fingerprint density at radius 1 is 1.47 bits per heavy atom. The molecule has 0 aromatic carbocycles. The van der Waals surface area contributed by atoms with Crippen LogP contribution in [0.5, 0.6) is 0 Å². The second kappa shape index (κ2) is 7.32. The van der Waals surface area contributed by atoms with Gasteiger partial charge < -0.3 is 10.4 Å². The third-order valence-electron chi connectivity index (χ3n) is 3.47. The molecule has 19 heavy (non-hydrogen) atoms. The number of thiophene rings is 1. The monoisotopic (exact) mass is 277 g/mol. The first-order valence-electron chi connectivity index (χ1n) is 6.76. The van der Waals surface area contributed by atoms with E-state index in [1.165, 1.54) is 37.0 Å². The Kier molecular flexibility index (Phi) is 5.44. The van der Waals surface area contributed by atoms with Gasteiger partial charge >= 0.3 is 0 Å². The molecule has 1 fully saturated rings. The maximum Gasteiger partial charge on any atom is 0.252 e. The van der Waals surface area contributed by atoms with Crippen LogP contribution in [0.15, 0.2) is 11.4 Å². The highest BCUT2D eigenvalue weighted by molar-refractivity contribution is 7.10. The largest absolute Gasteiger partial charge is 0.384 e. The first kappa shape index (κ1) is 14.1. The molecule has 102 valence electrons. The van der Waals surface area contributed by atoms with Gasteiger partial charge in [0.25, 0.3) is 5.91 Å². The van der Waals surface area contributed by atoms with Gasteiger partial charge in [-0.05, 0) is 18.4 Å². The van der Waals surface area contributed by atoms with Crippen molar-refractivity contribution in [1.29, 1.82) is 0 Å². The summed E-state index contributed by atoms with van der Waals surface area (Å²) < 4.78 is 0. The highest BCUT2D eigenvalue weighted by atomic mass is 32.1. The van der Waals surface area contributed by atoms with Crippen LogP contribution in [0.25, 0.3) is 0 Å². The van der Waals surface area contributed by atoms with Gasteiger partial charge in [0, 0.05) is 11.9 Å². The highest BCUT2D eigenvalue weighted by Gasteiger charge is 2.15. The van der Waals surface area contributed by atoms with Gasteiger partial charge in [0.05, 0.1) is 10.4 Å². The number of hydrogen-bond donors (Lipinski definition) is 2. The summed E-state index contributed by atoms with van der Waals surface area (Å²) in [6, 6.07) is 1.78. The van der Waals surface area contributed by atoms with E-state index >= 15 is 0 Å². The second-order valence-electron chi connectivity index (χ2n) is 4.85. The second-order valence-corrected chi connectivity index (χ2v) is 5.77. The lowest BCUT2D eigenvalue weighted by Crippen LogP contribution is -2.25. The normalized spacial score (nSPS) is 15.0. The van der Waals surface area contributed by atoms with Crippen LogP contribution in [0.3, 0.4) is 0 Å². The summed E-state index contributed by atoms with van der Waals surface area (Å²) >= 11 is 1.43. The Morgan fingerprint density at radius 2 is 2.26 bits per heavy atom. The van der Waals surface area contributed by atoms with Gasteiger partial charge in [0.2, 0.25) is 0 Å². The number of carbonyl (C=O) groups excluding carboxylic acids is 1. The van der Waals surface area contributed by atoms with Crippen LogP contribution in [0.2, 0.25) is 0 Å². The molecule has 1 aliphatic rings. The van der Waals surface area contributed by atoms with Crippen molar-refractivity contribution in [2.24, 2.45) is 5.92 Å². The van der Waals surface area contributed by atoms with Crippen LogP contribution in [-0.2, 0) is 0 Å². The molecule has 4 heteroatoms. The maximum absolute atomic E-state index is 11.9. The summed E-state index contributed by atoms with van der Waals surface area (Å²) in [5.74, 6) is 6.17. The van der Waals surface area contributed by atoms with E-state index in [0.717, 1.165) is 23.8 Å². The third-order valence-corrected chi connectivity index (χ3v) is 4.31. The maximum atomic E-state index is 11.9. The molecule has 0 unspecified atom stereocenters. The molecule has 0 atom stereocenters. The zero-order chi connectivity index (χ0) is 13.5. The minimum absolute atomic E-state index is 0.0219. The molecule has 2 rings (SSSR count). The summed E-state index contributed by atoms with van der Waals surface area (Å²) in [6.07, 6.45) is 6.41. The molecule has 1 aromatic heterocycles. The third kappa shape index (κ3) is 4.38. The Balaban J connectivity index is 1.77. The van der Waals surface area contributed by atoms with Gasteiger partial charge in [0.1, 0.15) is 6.61 Å². The lowest BCUT2D eigenvalue weighted by molar-refractivity contribution is 0.0952. The van der Waals surface area contributed by atoms with E-state index in [4.69, 9.17) is 5.11 Å². The van der Waals surface area contributed by atoms with Gasteiger partial charge in [0.15, 0.2) is 0 Å². The van der Waals surface area contributed by atoms with Crippen molar-refractivity contribution in [3.8, 4) is 11.8 Å². The van der Waals surface area contributed by atoms with Gasteiger partial charge in [-0.25, -0.2) is 0 Å². The zero-order valence-corrected chi connectivity index (χ0v) is 11.8. The topological polar surface area (TPSA) is 49.3 Å². The quantitative estimate of drug-likeness (QED) is 0.830. The average Bonchev–Trinajstić information content (AvgIpc) is 3.07. The lowest BCUT2D eigenvalue weighted by atomic mass is 10.0. The molecule has 1 aliphatic carbocycles. The molecule has 1 heterocycles. The number of aliphatic hydroxyl groups excluding tert-OH is 1. The molecule has 1 amide bonds. The number of rotatable bonds is 4. The molecular formula is C15H19NO2S. The van der Waals surface area contributed by atoms with Gasteiger partial charge in [-0.1, -0.05) is 37.5 Å². The van der Waals surface area contributed by atoms with Gasteiger partial charge in [-0.2, -0.15) is 0 Å². The van der Waals surface area contributed by atoms with E-state index in [-0.39, 0.29) is 12.5 Å². The van der Waals surface area contributed by atoms with Crippen LogP contribution < -0.4 is 5.32 Å². The van der Waals surface area contributed by atoms with E-state index in [1.807, 2.05) is 5.38 Å². The fourth-order valence-electron chi connectivity index (χ4n) is 2.44. The van der Waals surface area contributed by atoms with E-state index in [9.17, 15) is 4.79 Å². The smallest absolute Gasteiger partial charge is 0.252 e. The fraction of sp³-hybridized carbons (Fsp3) is 0.533. The fourth-order valence-corrected chi connectivity index (χ4v) is 3.19. The molecule has 0 aliphatic heterocycles. The Hall–Kier alpha value is -1.31. The first-order chi connectivity index (χ1) is 9.29. The molecule has 3 nitrogen and oxygen atoms in total. The van der Waals surface area contributed by atoms with Crippen molar-refractivity contribution in [3.05, 3.63) is 21.9 Å². The van der Waals surface area contributed by atoms with Crippen LogP contribution in [0.4, 0.5) is 0 Å². The predicted molar refractivity (Wildman–Crippen MR) is 77.2 cm³/mol. The molecule has 0 radical (unpaired) electrons. The summed E-state index contributed by atoms with van der Waals surface area (Å²) in [6.45, 7) is 0.609. The van der Waals surface area contributed by atoms with Crippen LogP contribution in [0.1, 0.15) is 47.3 Å². The molecule has 0 spiro atoms. The minimum Gasteiger partial charge on any atom is -0.384 e. The van der Waals surface area contributed by atoms with Crippen molar-refractivity contribution in [2.75, 3.05) is 13.2 Å². The Labute approximate surface area is 118 Å². The number of aliphatic hydroxyl groups is 1. The number of carbonyl (C=O) groups is 1. The summed E-state index contributed by atoms with van der Waals surface area (Å²) in [5, 5.41) is 13.4. The van der Waals surface area contributed by atoms with Crippen molar-refractivity contribution in [3.63, 3.8) is 0 Å². The van der Waals surface area contributed by atoms with E-state index in [1.54, 1.807) is 6.07 Å². The SMILES string of the molecule is O=C(NCCC1CCCC1)c1csc(C#CCO)c1. The van der Waals surface area contributed by atoms with Crippen LogP contribution in [0, 0.1) is 17.8 Å². The van der Waals surface area contributed by atoms with Crippen molar-refractivity contribution < 1.29 is 9.90 Å². The summed E-state index contributed by atoms with van der Waals surface area (Å²) in [7, 11) is 0. The zero-order valence-electron chi connectivity index (χ0n) is 10.9. The van der Waals surface area contributed by atoms with Gasteiger partial charge in [-0.3, -0.25) is 4.79 Å². The standard InChI is InChI=1S/C15H19NO2S/c17-9-3-6-14-10-13(11-19-14)15(18)16-8-7-12-4-1-2-5-12/h10-12,17H,1-2,4-5,7-9H2,(H,16,18). The van der Waals surface area contributed by atoms with E-state index < -0.39 is 0 Å². The molecule has 1 saturated carbocycles. The van der Waals surface area contributed by atoms with Crippen LogP contribution >= 0.6 is 11.3 Å². The average molecular weight is 277 g/mol. The number of amides is 1. The Morgan fingerprint density at radius 3 is 3.00 bits per heavy atom.